The van der Waals surface area contributed by atoms with Crippen LogP contribution in [-0.2, 0) is 13.0 Å². The minimum absolute atomic E-state index is 0. The normalized spacial score (nSPS) is 10.8. The van der Waals surface area contributed by atoms with Gasteiger partial charge in [-0.3, -0.25) is 0 Å². The van der Waals surface area contributed by atoms with E-state index in [2.05, 4.69) is 68.8 Å². The fourth-order valence-corrected chi connectivity index (χ4v) is 3.28. The molecule has 0 aliphatic heterocycles. The second-order valence-corrected chi connectivity index (χ2v) is 6.97. The van der Waals surface area contributed by atoms with Crippen molar-refractivity contribution in [1.82, 2.24) is 10.3 Å². The molecule has 2 aromatic heterocycles. The monoisotopic (exact) mass is 430 g/mol. The number of aromatic nitrogens is 1. The Labute approximate surface area is 167 Å². The third kappa shape index (κ3) is 4.21. The fourth-order valence-electron chi connectivity index (χ4n) is 3.02. The number of furan rings is 1. The summed E-state index contributed by atoms with van der Waals surface area (Å²) in [5.74, 6) is 1.86. The Morgan fingerprint density at radius 1 is 0.962 bits per heavy atom. The number of fused-ring (bicyclic) bond motifs is 1. The summed E-state index contributed by atoms with van der Waals surface area (Å²) >= 11 is 3.45. The van der Waals surface area contributed by atoms with Crippen LogP contribution in [0.1, 0.15) is 11.3 Å². The number of nitrogens with one attached hydrogen (secondary N) is 2. The Hall–Kier alpha value is -2.01. The molecule has 134 valence electrons. The summed E-state index contributed by atoms with van der Waals surface area (Å²) in [6.07, 6.45) is 3.09. The summed E-state index contributed by atoms with van der Waals surface area (Å²) in [7, 11) is 0. The number of para-hydroxylation sites is 1. The van der Waals surface area contributed by atoms with Gasteiger partial charge in [0.25, 0.3) is 0 Å². The predicted molar refractivity (Wildman–Crippen MR) is 113 cm³/mol. The number of benzene rings is 2. The lowest BCUT2D eigenvalue weighted by atomic mass is 10.1. The number of halogens is 2. The van der Waals surface area contributed by atoms with Crippen molar-refractivity contribution in [2.45, 2.75) is 13.0 Å². The average Bonchev–Trinajstić information content (AvgIpc) is 3.27. The summed E-state index contributed by atoms with van der Waals surface area (Å²) < 4.78 is 7.00. The summed E-state index contributed by atoms with van der Waals surface area (Å²) in [5, 5.41) is 4.77. The van der Waals surface area contributed by atoms with E-state index < -0.39 is 0 Å². The molecule has 3 nitrogen and oxygen atoms in total. The minimum Gasteiger partial charge on any atom is -0.460 e. The first-order chi connectivity index (χ1) is 12.3. The molecule has 0 saturated heterocycles. The molecular weight excluding hydrogens is 412 g/mol. The van der Waals surface area contributed by atoms with Crippen molar-refractivity contribution >= 4 is 39.2 Å². The molecule has 0 bridgehead atoms. The number of hydrogen-bond acceptors (Lipinski definition) is 2. The molecule has 5 heteroatoms. The van der Waals surface area contributed by atoms with E-state index in [1.54, 1.807) is 0 Å². The molecule has 0 radical (unpaired) electrons. The highest BCUT2D eigenvalue weighted by atomic mass is 79.9. The molecule has 26 heavy (non-hydrogen) atoms. The van der Waals surface area contributed by atoms with Crippen LogP contribution in [0.4, 0.5) is 0 Å². The van der Waals surface area contributed by atoms with E-state index in [9.17, 15) is 0 Å². The second kappa shape index (κ2) is 8.58. The number of hydrogen-bond donors (Lipinski definition) is 2. The Bertz CT molecular complexity index is 975. The van der Waals surface area contributed by atoms with Crippen molar-refractivity contribution in [3.05, 3.63) is 82.7 Å². The molecule has 2 N–H and O–H groups in total. The van der Waals surface area contributed by atoms with Crippen molar-refractivity contribution in [2.75, 3.05) is 6.54 Å². The Balaban J connectivity index is 0.00000196. The van der Waals surface area contributed by atoms with Gasteiger partial charge in [-0.25, -0.2) is 0 Å². The largest absolute Gasteiger partial charge is 0.460 e. The number of H-pyrrole nitrogens is 1. The van der Waals surface area contributed by atoms with Gasteiger partial charge in [-0.05, 0) is 48.9 Å². The van der Waals surface area contributed by atoms with E-state index in [4.69, 9.17) is 4.42 Å². The first-order valence-corrected chi connectivity index (χ1v) is 9.19. The van der Waals surface area contributed by atoms with Gasteiger partial charge in [0, 0.05) is 27.1 Å². The molecular formula is C21H20BrClN2O. The molecule has 0 unspecified atom stereocenters. The van der Waals surface area contributed by atoms with Crippen molar-refractivity contribution < 1.29 is 4.42 Å². The fraction of sp³-hybridized carbons (Fsp3) is 0.143. The van der Waals surface area contributed by atoms with Crippen LogP contribution in [0.15, 0.2) is 75.8 Å². The Kier molecular flexibility index (Phi) is 6.20. The maximum atomic E-state index is 5.93. The van der Waals surface area contributed by atoms with Crippen molar-refractivity contribution in [1.29, 1.82) is 0 Å². The van der Waals surface area contributed by atoms with E-state index in [1.165, 1.54) is 16.5 Å². The molecule has 0 aliphatic carbocycles. The van der Waals surface area contributed by atoms with E-state index >= 15 is 0 Å². The quantitative estimate of drug-likeness (QED) is 0.371. The van der Waals surface area contributed by atoms with Gasteiger partial charge in [-0.15, -0.1) is 12.4 Å². The lowest BCUT2D eigenvalue weighted by Crippen LogP contribution is -2.16. The molecule has 2 aromatic carbocycles. The highest BCUT2D eigenvalue weighted by Gasteiger charge is 2.06. The highest BCUT2D eigenvalue weighted by Crippen LogP contribution is 2.24. The Morgan fingerprint density at radius 3 is 2.62 bits per heavy atom. The number of aromatic amines is 1. The third-order valence-corrected chi connectivity index (χ3v) is 4.86. The first-order valence-electron chi connectivity index (χ1n) is 8.40. The maximum absolute atomic E-state index is 5.93. The summed E-state index contributed by atoms with van der Waals surface area (Å²) in [5.41, 5.74) is 3.63. The van der Waals surface area contributed by atoms with Crippen LogP contribution in [0.5, 0.6) is 0 Å². The molecule has 4 rings (SSSR count). The summed E-state index contributed by atoms with van der Waals surface area (Å²) in [6, 6.07) is 20.6. The van der Waals surface area contributed by atoms with Crippen molar-refractivity contribution in [2.24, 2.45) is 0 Å². The van der Waals surface area contributed by atoms with E-state index in [0.29, 0.717) is 0 Å². The van der Waals surface area contributed by atoms with E-state index in [0.717, 1.165) is 41.1 Å². The van der Waals surface area contributed by atoms with Crippen molar-refractivity contribution in [3.63, 3.8) is 0 Å². The van der Waals surface area contributed by atoms with Gasteiger partial charge in [0.2, 0.25) is 0 Å². The third-order valence-electron chi connectivity index (χ3n) is 4.34. The van der Waals surface area contributed by atoms with Gasteiger partial charge >= 0.3 is 0 Å². The van der Waals surface area contributed by atoms with E-state index in [-0.39, 0.29) is 12.4 Å². The lowest BCUT2D eigenvalue weighted by molar-refractivity contribution is 0.495. The Morgan fingerprint density at radius 2 is 1.77 bits per heavy atom. The first kappa shape index (κ1) is 18.8. The zero-order valence-corrected chi connectivity index (χ0v) is 16.6. The average molecular weight is 432 g/mol. The van der Waals surface area contributed by atoms with Gasteiger partial charge in [0.15, 0.2) is 0 Å². The van der Waals surface area contributed by atoms with Crippen LogP contribution in [0.25, 0.3) is 22.2 Å². The zero-order chi connectivity index (χ0) is 17.1. The topological polar surface area (TPSA) is 41.0 Å². The predicted octanol–water partition coefficient (Wildman–Crippen LogP) is 5.94. The second-order valence-electron chi connectivity index (χ2n) is 6.06. The van der Waals surface area contributed by atoms with Gasteiger partial charge in [-0.2, -0.15) is 0 Å². The smallest absolute Gasteiger partial charge is 0.134 e. The zero-order valence-electron chi connectivity index (χ0n) is 14.2. The molecule has 4 aromatic rings. The van der Waals surface area contributed by atoms with E-state index in [1.807, 2.05) is 24.3 Å². The summed E-state index contributed by atoms with van der Waals surface area (Å²) in [6.45, 7) is 1.65. The van der Waals surface area contributed by atoms with Gasteiger partial charge < -0.3 is 14.7 Å². The SMILES string of the molecule is Brc1ccc(-c2ccc(CNCCc3c[nH]c4ccccc34)o2)cc1.Cl. The van der Waals surface area contributed by atoms with Crippen molar-refractivity contribution in [3.8, 4) is 11.3 Å². The molecule has 0 saturated carbocycles. The molecule has 2 heterocycles. The molecule has 0 spiro atoms. The van der Waals surface area contributed by atoms with Crippen LogP contribution < -0.4 is 5.32 Å². The molecule has 0 fully saturated rings. The van der Waals surface area contributed by atoms with Crippen LogP contribution in [-0.4, -0.2) is 11.5 Å². The van der Waals surface area contributed by atoms with Crippen LogP contribution in [0, 0.1) is 0 Å². The van der Waals surface area contributed by atoms with Gasteiger partial charge in [0.1, 0.15) is 11.5 Å². The van der Waals surface area contributed by atoms with Gasteiger partial charge in [0.05, 0.1) is 6.54 Å². The standard InChI is InChI=1S/C21H19BrN2O.ClH/c22-17-7-5-15(6-8-17)21-10-9-18(25-21)14-23-12-11-16-13-24-20-4-2-1-3-19(16)20;/h1-10,13,23-24H,11-12,14H2;1H. The molecule has 0 aliphatic rings. The number of rotatable bonds is 6. The highest BCUT2D eigenvalue weighted by molar-refractivity contribution is 9.10. The maximum Gasteiger partial charge on any atom is 0.134 e. The molecule has 0 atom stereocenters. The van der Waals surface area contributed by atoms with Crippen LogP contribution >= 0.6 is 28.3 Å². The molecule has 0 amide bonds. The van der Waals surface area contributed by atoms with Crippen LogP contribution in [0.3, 0.4) is 0 Å². The minimum atomic E-state index is 0. The van der Waals surface area contributed by atoms with Gasteiger partial charge in [-0.1, -0.05) is 46.3 Å². The summed E-state index contributed by atoms with van der Waals surface area (Å²) in [4.78, 5) is 3.32. The lowest BCUT2D eigenvalue weighted by Gasteiger charge is -2.03. The van der Waals surface area contributed by atoms with Crippen LogP contribution in [0.2, 0.25) is 0 Å².